The van der Waals surface area contributed by atoms with Crippen LogP contribution in [-0.4, -0.2) is 26.4 Å². The van der Waals surface area contributed by atoms with Crippen molar-refractivity contribution < 1.29 is 17.9 Å². The van der Waals surface area contributed by atoms with Gasteiger partial charge in [0.2, 0.25) is 0 Å². The summed E-state index contributed by atoms with van der Waals surface area (Å²) in [6.07, 6.45) is -2.34. The van der Waals surface area contributed by atoms with Crippen LogP contribution in [0.2, 0.25) is 0 Å². The Morgan fingerprint density at radius 2 is 1.80 bits per heavy atom. The summed E-state index contributed by atoms with van der Waals surface area (Å²) in [5, 5.41) is 3.09. The number of benzene rings is 1. The molecule has 0 aliphatic rings. The van der Waals surface area contributed by atoms with Crippen LogP contribution in [0.25, 0.3) is 0 Å². The zero-order valence-electron chi connectivity index (χ0n) is 12.0. The molecule has 114 valence electrons. The Labute approximate surface area is 118 Å². The Balaban J connectivity index is 2.32. The van der Waals surface area contributed by atoms with Crippen LogP contribution in [0.5, 0.6) is 5.75 Å². The van der Waals surface area contributed by atoms with E-state index in [1.165, 1.54) is 5.56 Å². The molecule has 0 aliphatic carbocycles. The Morgan fingerprint density at radius 3 is 2.30 bits per heavy atom. The molecule has 0 radical (unpaired) electrons. The molecule has 1 aromatic rings. The molecule has 0 aromatic heterocycles. The Bertz CT molecular complexity index is 376. The molecule has 0 saturated heterocycles. The first-order chi connectivity index (χ1) is 9.44. The highest BCUT2D eigenvalue weighted by Gasteiger charge is 2.26. The first kappa shape index (κ1) is 16.8. The van der Waals surface area contributed by atoms with Crippen molar-refractivity contribution in [3.8, 4) is 5.75 Å². The summed E-state index contributed by atoms with van der Waals surface area (Å²) in [5.74, 6) is 0.809. The summed E-state index contributed by atoms with van der Waals surface area (Å²) in [4.78, 5) is 0. The van der Waals surface area contributed by atoms with Crippen LogP contribution in [0, 0.1) is 0 Å². The minimum absolute atomic E-state index is 0.124. The van der Waals surface area contributed by atoms with Crippen LogP contribution in [-0.2, 0) is 6.42 Å². The number of alkyl halides is 3. The maximum atomic E-state index is 12.1. The number of rotatable bonds is 8. The highest BCUT2D eigenvalue weighted by atomic mass is 19.4. The van der Waals surface area contributed by atoms with Gasteiger partial charge in [-0.15, -0.1) is 0 Å². The van der Waals surface area contributed by atoms with Crippen molar-refractivity contribution in [2.75, 3.05) is 14.2 Å². The van der Waals surface area contributed by atoms with Crippen LogP contribution in [0.4, 0.5) is 13.2 Å². The lowest BCUT2D eigenvalue weighted by Gasteiger charge is -2.16. The lowest BCUT2D eigenvalue weighted by atomic mass is 10.0. The lowest BCUT2D eigenvalue weighted by molar-refractivity contribution is -0.135. The average Bonchev–Trinajstić information content (AvgIpc) is 2.42. The molecular weight excluding hydrogens is 267 g/mol. The van der Waals surface area contributed by atoms with Gasteiger partial charge in [0.05, 0.1) is 7.11 Å². The zero-order valence-corrected chi connectivity index (χ0v) is 12.0. The van der Waals surface area contributed by atoms with Crippen LogP contribution in [0.3, 0.4) is 0 Å². The summed E-state index contributed by atoms with van der Waals surface area (Å²) < 4.78 is 41.4. The van der Waals surface area contributed by atoms with Crippen LogP contribution < -0.4 is 10.1 Å². The predicted octanol–water partition coefficient (Wildman–Crippen LogP) is 3.95. The van der Waals surface area contributed by atoms with E-state index in [4.69, 9.17) is 4.74 Å². The second-order valence-electron chi connectivity index (χ2n) is 4.88. The van der Waals surface area contributed by atoms with E-state index in [9.17, 15) is 13.2 Å². The fourth-order valence-electron chi connectivity index (χ4n) is 2.12. The first-order valence-electron chi connectivity index (χ1n) is 6.81. The third-order valence-corrected chi connectivity index (χ3v) is 3.36. The van der Waals surface area contributed by atoms with Gasteiger partial charge in [0.1, 0.15) is 5.75 Å². The van der Waals surface area contributed by atoms with Crippen molar-refractivity contribution in [1.29, 1.82) is 0 Å². The van der Waals surface area contributed by atoms with Gasteiger partial charge in [0, 0.05) is 12.5 Å². The molecule has 5 heteroatoms. The van der Waals surface area contributed by atoms with Gasteiger partial charge in [-0.2, -0.15) is 13.2 Å². The second kappa shape index (κ2) is 8.15. The molecule has 0 aliphatic heterocycles. The van der Waals surface area contributed by atoms with Crippen LogP contribution >= 0.6 is 0 Å². The fourth-order valence-corrected chi connectivity index (χ4v) is 2.12. The Morgan fingerprint density at radius 1 is 1.15 bits per heavy atom. The number of hydrogen-bond donors (Lipinski definition) is 1. The first-order valence-corrected chi connectivity index (χ1v) is 6.81. The summed E-state index contributed by atoms with van der Waals surface area (Å²) in [6, 6.07) is 7.89. The molecule has 1 unspecified atom stereocenters. The van der Waals surface area contributed by atoms with Crippen molar-refractivity contribution in [3.05, 3.63) is 29.8 Å². The van der Waals surface area contributed by atoms with E-state index in [1.807, 2.05) is 24.3 Å². The van der Waals surface area contributed by atoms with Gasteiger partial charge < -0.3 is 10.1 Å². The van der Waals surface area contributed by atoms with Crippen molar-refractivity contribution in [2.45, 2.75) is 44.3 Å². The van der Waals surface area contributed by atoms with Gasteiger partial charge in [0.25, 0.3) is 0 Å². The van der Waals surface area contributed by atoms with Crippen molar-refractivity contribution >= 4 is 0 Å². The molecule has 1 atom stereocenters. The van der Waals surface area contributed by atoms with E-state index in [1.54, 1.807) is 14.2 Å². The van der Waals surface area contributed by atoms with Gasteiger partial charge >= 0.3 is 6.18 Å². The third-order valence-electron chi connectivity index (χ3n) is 3.36. The molecule has 0 bridgehead atoms. The minimum Gasteiger partial charge on any atom is -0.497 e. The summed E-state index contributed by atoms with van der Waals surface area (Å²) in [6.45, 7) is 0. The lowest BCUT2D eigenvalue weighted by Crippen LogP contribution is -2.26. The highest BCUT2D eigenvalue weighted by Crippen LogP contribution is 2.23. The summed E-state index contributed by atoms with van der Waals surface area (Å²) >= 11 is 0. The molecule has 0 amide bonds. The van der Waals surface area contributed by atoms with E-state index in [0.29, 0.717) is 6.42 Å². The monoisotopic (exact) mass is 289 g/mol. The topological polar surface area (TPSA) is 21.3 Å². The van der Waals surface area contributed by atoms with E-state index >= 15 is 0 Å². The van der Waals surface area contributed by atoms with Gasteiger partial charge in [-0.25, -0.2) is 0 Å². The maximum Gasteiger partial charge on any atom is 0.389 e. The number of hydrogen-bond acceptors (Lipinski definition) is 2. The zero-order chi connectivity index (χ0) is 15.0. The Hall–Kier alpha value is -1.23. The molecule has 1 aromatic carbocycles. The number of methoxy groups -OCH3 is 1. The smallest absolute Gasteiger partial charge is 0.389 e. The maximum absolute atomic E-state index is 12.1. The van der Waals surface area contributed by atoms with E-state index in [0.717, 1.165) is 18.6 Å². The number of nitrogens with one attached hydrogen (secondary N) is 1. The second-order valence-corrected chi connectivity index (χ2v) is 4.88. The molecule has 2 nitrogen and oxygen atoms in total. The minimum atomic E-state index is -4.05. The largest absolute Gasteiger partial charge is 0.497 e. The quantitative estimate of drug-likeness (QED) is 0.782. The molecule has 1 rings (SSSR count). The van der Waals surface area contributed by atoms with Gasteiger partial charge in [0.15, 0.2) is 0 Å². The van der Waals surface area contributed by atoms with Crippen LogP contribution in [0.15, 0.2) is 24.3 Å². The van der Waals surface area contributed by atoms with E-state index < -0.39 is 12.6 Å². The summed E-state index contributed by atoms with van der Waals surface area (Å²) in [5.41, 5.74) is 1.17. The number of ether oxygens (including phenoxy) is 1. The Kier molecular flexibility index (Phi) is 6.85. The molecule has 0 saturated carbocycles. The highest BCUT2D eigenvalue weighted by molar-refractivity contribution is 5.27. The molecule has 0 fully saturated rings. The molecule has 0 heterocycles. The van der Waals surface area contributed by atoms with Gasteiger partial charge in [-0.1, -0.05) is 12.1 Å². The normalized spacial score (nSPS) is 13.2. The molecule has 20 heavy (non-hydrogen) atoms. The van der Waals surface area contributed by atoms with Crippen molar-refractivity contribution in [1.82, 2.24) is 5.32 Å². The number of aryl methyl sites for hydroxylation is 1. The SMILES string of the molecule is CNC(CCCC(F)(F)F)CCc1ccc(OC)cc1. The van der Waals surface area contributed by atoms with E-state index in [-0.39, 0.29) is 12.5 Å². The van der Waals surface area contributed by atoms with E-state index in [2.05, 4.69) is 5.32 Å². The van der Waals surface area contributed by atoms with Crippen LogP contribution in [0.1, 0.15) is 31.2 Å². The standard InChI is InChI=1S/C15H22F3NO/c1-19-13(4-3-11-15(16,17)18)8-5-12-6-9-14(20-2)10-7-12/h6-7,9-10,13,19H,3-5,8,11H2,1-2H3. The molecule has 0 spiro atoms. The van der Waals surface area contributed by atoms with Crippen molar-refractivity contribution in [3.63, 3.8) is 0 Å². The number of halogens is 3. The fraction of sp³-hybridized carbons (Fsp3) is 0.600. The predicted molar refractivity (Wildman–Crippen MR) is 74.1 cm³/mol. The van der Waals surface area contributed by atoms with Gasteiger partial charge in [-0.05, 0) is 50.4 Å². The average molecular weight is 289 g/mol. The molecule has 1 N–H and O–H groups in total. The summed E-state index contributed by atoms with van der Waals surface area (Å²) in [7, 11) is 3.42. The van der Waals surface area contributed by atoms with Crippen molar-refractivity contribution in [2.24, 2.45) is 0 Å². The molecular formula is C15H22F3NO. The van der Waals surface area contributed by atoms with Gasteiger partial charge in [-0.3, -0.25) is 0 Å². The third kappa shape index (κ3) is 6.80.